The van der Waals surface area contributed by atoms with Gasteiger partial charge in [0.15, 0.2) is 11.5 Å². The van der Waals surface area contributed by atoms with Crippen LogP contribution in [0.5, 0.6) is 11.5 Å². The predicted molar refractivity (Wildman–Crippen MR) is 105 cm³/mol. The zero-order valence-corrected chi connectivity index (χ0v) is 16.2. The van der Waals surface area contributed by atoms with Crippen molar-refractivity contribution in [3.05, 3.63) is 41.7 Å². The predicted octanol–water partition coefficient (Wildman–Crippen LogP) is 2.06. The van der Waals surface area contributed by atoms with E-state index >= 15 is 0 Å². The first kappa shape index (κ1) is 19.9. The second-order valence-corrected chi connectivity index (χ2v) is 6.48. The van der Waals surface area contributed by atoms with Crippen molar-refractivity contribution in [1.29, 1.82) is 0 Å². The lowest BCUT2D eigenvalue weighted by Gasteiger charge is -2.11. The van der Waals surface area contributed by atoms with Crippen molar-refractivity contribution in [2.24, 2.45) is 0 Å². The van der Waals surface area contributed by atoms with Gasteiger partial charge in [0.05, 0.1) is 20.3 Å². The molecule has 8 nitrogen and oxygen atoms in total. The van der Waals surface area contributed by atoms with Crippen molar-refractivity contribution in [1.82, 2.24) is 15.3 Å². The molecule has 1 aliphatic rings. The Kier molecular flexibility index (Phi) is 7.02. The Labute approximate surface area is 164 Å². The molecule has 0 bridgehead atoms. The molecule has 0 saturated carbocycles. The summed E-state index contributed by atoms with van der Waals surface area (Å²) in [7, 11) is 3.23. The maximum atomic E-state index is 12.3. The third-order valence-electron chi connectivity index (χ3n) is 4.55. The number of aromatic nitrogens is 2. The number of nitrogens with one attached hydrogen (secondary N) is 2. The molecule has 1 amide bonds. The van der Waals surface area contributed by atoms with Gasteiger partial charge >= 0.3 is 0 Å². The van der Waals surface area contributed by atoms with E-state index < -0.39 is 0 Å². The number of nitrogens with zero attached hydrogens (tertiary/aromatic N) is 2. The summed E-state index contributed by atoms with van der Waals surface area (Å²) in [6.45, 7) is 1.89. The quantitative estimate of drug-likeness (QED) is 0.681. The number of carbonyl (C=O) groups is 1. The molecule has 2 N–H and O–H groups in total. The maximum Gasteiger partial charge on any atom is 0.270 e. The molecule has 2 heterocycles. The van der Waals surface area contributed by atoms with Crippen LogP contribution in [-0.2, 0) is 11.2 Å². The van der Waals surface area contributed by atoms with Gasteiger partial charge < -0.3 is 24.8 Å². The molecule has 150 valence electrons. The Balaban J connectivity index is 1.51. The number of methoxy groups -OCH3 is 2. The Morgan fingerprint density at radius 1 is 1.25 bits per heavy atom. The largest absolute Gasteiger partial charge is 0.493 e. The minimum Gasteiger partial charge on any atom is -0.493 e. The molecule has 2 aromatic rings. The summed E-state index contributed by atoms with van der Waals surface area (Å²) in [6, 6.07) is 7.41. The standard InChI is InChI=1S/C20H26N4O4/c1-26-17-6-5-14(12-18(17)27-2)7-9-21-20-22-10-8-16(24-20)19(25)23-13-15-4-3-11-28-15/h5-6,8,10,12,15H,3-4,7,9,11,13H2,1-2H3,(H,23,25)(H,21,22,24). The van der Waals surface area contributed by atoms with Gasteiger partial charge in [0, 0.05) is 25.9 Å². The molecule has 1 saturated heterocycles. The molecule has 3 rings (SSSR count). The molecule has 1 unspecified atom stereocenters. The number of hydrogen-bond acceptors (Lipinski definition) is 7. The van der Waals surface area contributed by atoms with Crippen molar-refractivity contribution in [3.63, 3.8) is 0 Å². The number of carbonyl (C=O) groups excluding carboxylic acids is 1. The first-order valence-corrected chi connectivity index (χ1v) is 9.37. The van der Waals surface area contributed by atoms with Gasteiger partial charge in [-0.3, -0.25) is 4.79 Å². The highest BCUT2D eigenvalue weighted by Crippen LogP contribution is 2.27. The van der Waals surface area contributed by atoms with E-state index in [1.165, 1.54) is 0 Å². The summed E-state index contributed by atoms with van der Waals surface area (Å²) in [5, 5.41) is 6.02. The molecule has 1 fully saturated rings. The molecule has 1 atom stereocenters. The second kappa shape index (κ2) is 9.89. The van der Waals surface area contributed by atoms with Crippen LogP contribution in [0.3, 0.4) is 0 Å². The molecular weight excluding hydrogens is 360 g/mol. The van der Waals surface area contributed by atoms with Crippen LogP contribution in [0, 0.1) is 0 Å². The van der Waals surface area contributed by atoms with E-state index in [2.05, 4.69) is 20.6 Å². The number of rotatable bonds is 9. The second-order valence-electron chi connectivity index (χ2n) is 6.48. The van der Waals surface area contributed by atoms with Crippen molar-refractivity contribution in [2.45, 2.75) is 25.4 Å². The molecule has 1 aromatic carbocycles. The van der Waals surface area contributed by atoms with Crippen molar-refractivity contribution in [3.8, 4) is 11.5 Å². The van der Waals surface area contributed by atoms with Crippen molar-refractivity contribution >= 4 is 11.9 Å². The number of benzene rings is 1. The summed E-state index contributed by atoms with van der Waals surface area (Å²) < 4.78 is 16.1. The molecule has 28 heavy (non-hydrogen) atoms. The molecule has 0 aliphatic carbocycles. The van der Waals surface area contributed by atoms with Crippen LogP contribution in [0.4, 0.5) is 5.95 Å². The number of anilines is 1. The van der Waals surface area contributed by atoms with E-state index in [0.29, 0.717) is 36.2 Å². The summed E-state index contributed by atoms with van der Waals surface area (Å²) in [6.07, 6.45) is 4.45. The molecule has 0 spiro atoms. The van der Waals surface area contributed by atoms with Crippen LogP contribution >= 0.6 is 0 Å². The number of ether oxygens (including phenoxy) is 3. The monoisotopic (exact) mass is 386 g/mol. The number of hydrogen-bond donors (Lipinski definition) is 2. The molecule has 1 aromatic heterocycles. The minimum absolute atomic E-state index is 0.102. The minimum atomic E-state index is -0.221. The average molecular weight is 386 g/mol. The lowest BCUT2D eigenvalue weighted by Crippen LogP contribution is -2.32. The van der Waals surface area contributed by atoms with Gasteiger partial charge in [-0.05, 0) is 43.0 Å². The van der Waals surface area contributed by atoms with Crippen LogP contribution in [0.15, 0.2) is 30.5 Å². The normalized spacial score (nSPS) is 15.9. The molecular formula is C20H26N4O4. The lowest BCUT2D eigenvalue weighted by atomic mass is 10.1. The van der Waals surface area contributed by atoms with Gasteiger partial charge in [0.25, 0.3) is 5.91 Å². The van der Waals surface area contributed by atoms with E-state index in [-0.39, 0.29) is 12.0 Å². The van der Waals surface area contributed by atoms with Gasteiger partial charge in [-0.25, -0.2) is 9.97 Å². The van der Waals surface area contributed by atoms with Crippen LogP contribution < -0.4 is 20.1 Å². The van der Waals surface area contributed by atoms with E-state index in [1.54, 1.807) is 26.5 Å². The number of amides is 1. The SMILES string of the molecule is COc1ccc(CCNc2nccc(C(=O)NCC3CCCO3)n2)cc1OC. The third kappa shape index (κ3) is 5.32. The van der Waals surface area contributed by atoms with Crippen LogP contribution in [0.1, 0.15) is 28.9 Å². The molecule has 1 aliphatic heterocycles. The molecule has 0 radical (unpaired) electrons. The summed E-state index contributed by atoms with van der Waals surface area (Å²) in [5.74, 6) is 1.59. The van der Waals surface area contributed by atoms with Crippen LogP contribution in [0.2, 0.25) is 0 Å². The smallest absolute Gasteiger partial charge is 0.270 e. The highest BCUT2D eigenvalue weighted by molar-refractivity contribution is 5.92. The third-order valence-corrected chi connectivity index (χ3v) is 4.55. The highest BCUT2D eigenvalue weighted by atomic mass is 16.5. The highest BCUT2D eigenvalue weighted by Gasteiger charge is 2.17. The van der Waals surface area contributed by atoms with Gasteiger partial charge in [0.1, 0.15) is 5.69 Å². The van der Waals surface area contributed by atoms with Crippen molar-refractivity contribution < 1.29 is 19.0 Å². The zero-order chi connectivity index (χ0) is 19.8. The Hall–Kier alpha value is -2.87. The average Bonchev–Trinajstić information content (AvgIpc) is 3.25. The Morgan fingerprint density at radius 3 is 2.86 bits per heavy atom. The fourth-order valence-corrected chi connectivity index (χ4v) is 3.03. The fourth-order valence-electron chi connectivity index (χ4n) is 3.03. The van der Waals surface area contributed by atoms with E-state index in [9.17, 15) is 4.79 Å². The van der Waals surface area contributed by atoms with E-state index in [1.807, 2.05) is 18.2 Å². The summed E-state index contributed by atoms with van der Waals surface area (Å²) in [5.41, 5.74) is 1.43. The first-order chi connectivity index (χ1) is 13.7. The lowest BCUT2D eigenvalue weighted by molar-refractivity contribution is 0.0853. The summed E-state index contributed by atoms with van der Waals surface area (Å²) in [4.78, 5) is 20.7. The summed E-state index contributed by atoms with van der Waals surface area (Å²) >= 11 is 0. The Morgan fingerprint density at radius 2 is 2.11 bits per heavy atom. The van der Waals surface area contributed by atoms with Crippen LogP contribution in [-0.4, -0.2) is 55.9 Å². The first-order valence-electron chi connectivity index (χ1n) is 9.37. The van der Waals surface area contributed by atoms with Gasteiger partial charge in [-0.1, -0.05) is 6.07 Å². The molecule has 8 heteroatoms. The van der Waals surface area contributed by atoms with Crippen LogP contribution in [0.25, 0.3) is 0 Å². The topological polar surface area (TPSA) is 94.6 Å². The maximum absolute atomic E-state index is 12.3. The van der Waals surface area contributed by atoms with E-state index in [4.69, 9.17) is 14.2 Å². The van der Waals surface area contributed by atoms with Gasteiger partial charge in [-0.2, -0.15) is 0 Å². The Bertz CT molecular complexity index is 794. The van der Waals surface area contributed by atoms with Gasteiger partial charge in [0.2, 0.25) is 5.95 Å². The van der Waals surface area contributed by atoms with E-state index in [0.717, 1.165) is 31.4 Å². The fraction of sp³-hybridized carbons (Fsp3) is 0.450. The zero-order valence-electron chi connectivity index (χ0n) is 16.2. The van der Waals surface area contributed by atoms with Crippen molar-refractivity contribution in [2.75, 3.05) is 39.2 Å². The van der Waals surface area contributed by atoms with Gasteiger partial charge in [-0.15, -0.1) is 0 Å².